The minimum atomic E-state index is -1.65. The van der Waals surface area contributed by atoms with Crippen LogP contribution in [-0.2, 0) is 4.74 Å². The zero-order valence-electron chi connectivity index (χ0n) is 14.0. The van der Waals surface area contributed by atoms with Crippen molar-refractivity contribution in [1.29, 1.82) is 0 Å². The molecule has 0 saturated carbocycles. The lowest BCUT2D eigenvalue weighted by Crippen LogP contribution is -2.44. The average Bonchev–Trinajstić information content (AvgIpc) is 2.94. The fourth-order valence-electron chi connectivity index (χ4n) is 3.25. The molecule has 4 heterocycles. The van der Waals surface area contributed by atoms with Gasteiger partial charge in [0.25, 0.3) is 0 Å². The van der Waals surface area contributed by atoms with E-state index in [1.165, 1.54) is 6.92 Å². The number of hydrogen-bond acceptors (Lipinski definition) is 8. The maximum absolute atomic E-state index is 10.7. The maximum atomic E-state index is 10.7. The fourth-order valence-corrected chi connectivity index (χ4v) is 3.25. The third-order valence-corrected chi connectivity index (χ3v) is 4.53. The first-order valence-corrected chi connectivity index (χ1v) is 7.57. The molecular weight excluding hydrogens is 314 g/mol. The molecule has 4 rings (SSSR count). The van der Waals surface area contributed by atoms with Crippen molar-refractivity contribution in [1.82, 2.24) is 14.5 Å². The van der Waals surface area contributed by atoms with Crippen LogP contribution in [0.5, 0.6) is 0 Å². The van der Waals surface area contributed by atoms with Crippen LogP contribution in [0.15, 0.2) is 24.8 Å². The first-order chi connectivity index (χ1) is 11.8. The van der Waals surface area contributed by atoms with Crippen molar-refractivity contribution in [2.45, 2.75) is 31.0 Å². The summed E-state index contributed by atoms with van der Waals surface area (Å²) in [6.45, 7) is 5.34. The molecular formula is C15H19N5O4. The van der Waals surface area contributed by atoms with Crippen LogP contribution < -0.4 is 10.6 Å². The number of ether oxygens (including phenoxy) is 1. The smallest absolute Gasteiger partial charge is 0.167 e. The lowest BCUT2D eigenvalue weighted by molar-refractivity contribution is -0.0947. The summed E-state index contributed by atoms with van der Waals surface area (Å²) in [4.78, 5) is 8.27. The number of aliphatic hydroxyl groups excluding tert-OH is 2. The van der Waals surface area contributed by atoms with Crippen LogP contribution in [0.4, 0.5) is 11.5 Å². The molecule has 1 fully saturated rings. The Kier molecular flexibility index (Phi) is 3.04. The molecule has 5 N–H and O–H groups in total. The zero-order valence-corrected chi connectivity index (χ0v) is 13.0. The highest BCUT2D eigenvalue weighted by molar-refractivity contribution is 6.00. The van der Waals surface area contributed by atoms with Gasteiger partial charge in [-0.2, -0.15) is 0 Å². The summed E-state index contributed by atoms with van der Waals surface area (Å²) >= 11 is 0. The van der Waals surface area contributed by atoms with Crippen molar-refractivity contribution in [2.75, 3.05) is 23.8 Å². The van der Waals surface area contributed by atoms with Gasteiger partial charge < -0.3 is 35.3 Å². The van der Waals surface area contributed by atoms with E-state index in [0.717, 1.165) is 0 Å². The number of anilines is 2. The SMILES string of the molecule is [3H]c1nc2c3c(cn([C@@H]4O[C@H](CO)[C@@H](O)C4(C)O)c3n1)NCC(=C)N2. The van der Waals surface area contributed by atoms with Gasteiger partial charge in [-0.25, -0.2) is 9.97 Å². The Morgan fingerprint density at radius 2 is 2.38 bits per heavy atom. The molecule has 0 aromatic carbocycles. The van der Waals surface area contributed by atoms with Crippen LogP contribution in [0.1, 0.15) is 14.5 Å². The van der Waals surface area contributed by atoms with Gasteiger partial charge in [0, 0.05) is 11.9 Å². The second kappa shape index (κ2) is 5.15. The van der Waals surface area contributed by atoms with E-state index in [4.69, 9.17) is 6.11 Å². The van der Waals surface area contributed by atoms with Gasteiger partial charge in [-0.1, -0.05) is 6.58 Å². The molecule has 9 nitrogen and oxygen atoms in total. The van der Waals surface area contributed by atoms with Crippen LogP contribution in [0.3, 0.4) is 0 Å². The molecule has 1 unspecified atom stereocenters. The molecule has 24 heavy (non-hydrogen) atoms. The number of nitrogens with one attached hydrogen (secondary N) is 2. The first-order valence-electron chi connectivity index (χ1n) is 8.07. The second-order valence-electron chi connectivity index (χ2n) is 6.28. The third-order valence-electron chi connectivity index (χ3n) is 4.53. The van der Waals surface area contributed by atoms with E-state index < -0.39 is 30.6 Å². The Balaban J connectivity index is 1.91. The summed E-state index contributed by atoms with van der Waals surface area (Å²) in [5.74, 6) is 0.440. The molecule has 2 aromatic heterocycles. The molecule has 0 spiro atoms. The van der Waals surface area contributed by atoms with Gasteiger partial charge in [-0.3, -0.25) is 0 Å². The van der Waals surface area contributed by atoms with Gasteiger partial charge in [0.2, 0.25) is 0 Å². The Labute approximate surface area is 139 Å². The van der Waals surface area contributed by atoms with Crippen LogP contribution in [0.25, 0.3) is 11.0 Å². The summed E-state index contributed by atoms with van der Waals surface area (Å²) in [5, 5.41) is 37.2. The minimum Gasteiger partial charge on any atom is -0.394 e. The molecule has 1 saturated heterocycles. The molecule has 2 aromatic rings. The molecule has 2 aliphatic heterocycles. The monoisotopic (exact) mass is 335 g/mol. The topological polar surface area (TPSA) is 125 Å². The molecule has 4 atom stereocenters. The quantitative estimate of drug-likeness (QED) is 0.510. The van der Waals surface area contributed by atoms with E-state index >= 15 is 0 Å². The van der Waals surface area contributed by atoms with Crippen molar-refractivity contribution in [3.8, 4) is 0 Å². The number of aliphatic hydroxyl groups is 3. The van der Waals surface area contributed by atoms with Crippen LogP contribution in [-0.4, -0.2) is 60.8 Å². The van der Waals surface area contributed by atoms with E-state index in [0.29, 0.717) is 34.8 Å². The van der Waals surface area contributed by atoms with Crippen LogP contribution in [0.2, 0.25) is 0 Å². The van der Waals surface area contributed by atoms with E-state index in [1.54, 1.807) is 10.8 Å². The van der Waals surface area contributed by atoms with E-state index in [9.17, 15) is 15.3 Å². The largest absolute Gasteiger partial charge is 0.394 e. The summed E-state index contributed by atoms with van der Waals surface area (Å²) in [5.41, 5.74) is 0.112. The van der Waals surface area contributed by atoms with Crippen LogP contribution >= 0.6 is 0 Å². The average molecular weight is 335 g/mol. The van der Waals surface area contributed by atoms with Crippen molar-refractivity contribution < 1.29 is 21.4 Å². The maximum Gasteiger partial charge on any atom is 0.167 e. The van der Waals surface area contributed by atoms with Gasteiger partial charge in [0.05, 0.1) is 24.2 Å². The number of aromatic nitrogens is 3. The number of hydrogen-bond donors (Lipinski definition) is 5. The van der Waals surface area contributed by atoms with Gasteiger partial charge >= 0.3 is 0 Å². The normalized spacial score (nSPS) is 33.1. The van der Waals surface area contributed by atoms with E-state index in [1.807, 2.05) is 0 Å². The van der Waals surface area contributed by atoms with Gasteiger partial charge in [-0.05, 0) is 6.92 Å². The Hall–Kier alpha value is -2.20. The Morgan fingerprint density at radius 1 is 1.58 bits per heavy atom. The summed E-state index contributed by atoms with van der Waals surface area (Å²) in [7, 11) is 0. The Bertz CT molecular complexity index is 867. The van der Waals surface area contributed by atoms with E-state index in [-0.39, 0.29) is 6.30 Å². The lowest BCUT2D eigenvalue weighted by atomic mass is 9.96. The molecule has 0 aliphatic carbocycles. The predicted molar refractivity (Wildman–Crippen MR) is 86.4 cm³/mol. The number of nitrogens with zero attached hydrogens (tertiary/aromatic N) is 3. The molecule has 9 heteroatoms. The standard InChI is InChI=1S/C15H19N5O4/c1-7-3-16-8-4-20(13-10(8)12(19-7)17-6-18-13)14-15(2,23)11(22)9(5-21)24-14/h4,6,9,11,14,16,21-23H,1,3,5H2,2H3,(H,17,18,19)/t9-,11-,14-,15?/m1/s1/i6T. The Morgan fingerprint density at radius 3 is 3.08 bits per heavy atom. The third kappa shape index (κ3) is 2.02. The first kappa shape index (κ1) is 14.2. The van der Waals surface area contributed by atoms with Crippen molar-refractivity contribution in [3.05, 3.63) is 24.8 Å². The second-order valence-corrected chi connectivity index (χ2v) is 6.28. The van der Waals surface area contributed by atoms with Gasteiger partial charge in [-0.15, -0.1) is 0 Å². The van der Waals surface area contributed by atoms with Gasteiger partial charge in [0.15, 0.2) is 6.23 Å². The molecule has 0 bridgehead atoms. The molecule has 128 valence electrons. The van der Waals surface area contributed by atoms with Crippen LogP contribution in [0, 0.1) is 0 Å². The fraction of sp³-hybridized carbons (Fsp3) is 0.467. The molecule has 0 amide bonds. The predicted octanol–water partition coefficient (Wildman–Crippen LogP) is -0.216. The van der Waals surface area contributed by atoms with Gasteiger partial charge in [0.1, 0.15) is 36.9 Å². The molecule has 0 radical (unpaired) electrons. The van der Waals surface area contributed by atoms with Crippen molar-refractivity contribution in [3.63, 3.8) is 0 Å². The number of rotatable bonds is 2. The highest BCUT2D eigenvalue weighted by Crippen LogP contribution is 2.42. The molecule has 2 aliphatic rings. The minimum absolute atomic E-state index is 0.201. The van der Waals surface area contributed by atoms with E-state index in [2.05, 4.69) is 27.2 Å². The highest BCUT2D eigenvalue weighted by Gasteiger charge is 2.53. The van der Waals surface area contributed by atoms with Crippen molar-refractivity contribution >= 4 is 22.5 Å². The summed E-state index contributed by atoms with van der Waals surface area (Å²) < 4.78 is 15.1. The highest BCUT2D eigenvalue weighted by atomic mass is 16.6. The lowest BCUT2D eigenvalue weighted by Gasteiger charge is -2.27. The summed E-state index contributed by atoms with van der Waals surface area (Å²) in [6.07, 6.45) is -1.68. The zero-order chi connectivity index (χ0) is 17.9. The summed E-state index contributed by atoms with van der Waals surface area (Å²) in [6, 6.07) is 0. The van der Waals surface area contributed by atoms with Crippen molar-refractivity contribution in [2.24, 2.45) is 0 Å².